The highest BCUT2D eigenvalue weighted by molar-refractivity contribution is 7.10. The average Bonchev–Trinajstić information content (AvgIpc) is 3.22. The number of benzene rings is 2. The molecule has 2 amide bonds. The van der Waals surface area contributed by atoms with Crippen LogP contribution in [0.1, 0.15) is 31.2 Å². The molecule has 6 nitrogen and oxygen atoms in total. The summed E-state index contributed by atoms with van der Waals surface area (Å²) < 4.78 is 5.31. The molecule has 0 aliphatic carbocycles. The summed E-state index contributed by atoms with van der Waals surface area (Å²) in [5.41, 5.74) is 0.658. The van der Waals surface area contributed by atoms with Crippen molar-refractivity contribution in [2.45, 2.75) is 32.4 Å². The van der Waals surface area contributed by atoms with Gasteiger partial charge in [-0.05, 0) is 29.8 Å². The maximum atomic E-state index is 12.5. The molecule has 3 aromatic rings. The summed E-state index contributed by atoms with van der Waals surface area (Å²) in [6, 6.07) is 16.5. The van der Waals surface area contributed by atoms with Gasteiger partial charge in [0.25, 0.3) is 5.91 Å². The largest absolute Gasteiger partial charge is 0.452 e. The van der Waals surface area contributed by atoms with Crippen molar-refractivity contribution in [2.75, 3.05) is 5.32 Å². The fourth-order valence-electron chi connectivity index (χ4n) is 2.99. The molecule has 2 unspecified atom stereocenters. The van der Waals surface area contributed by atoms with Crippen LogP contribution in [0.25, 0.3) is 10.8 Å². The zero-order chi connectivity index (χ0) is 20.8. The second-order valence-electron chi connectivity index (χ2n) is 6.62. The molecule has 7 heteroatoms. The molecule has 0 fully saturated rings. The van der Waals surface area contributed by atoms with Crippen LogP contribution in [0.3, 0.4) is 0 Å². The number of amides is 2. The molecule has 0 aliphatic heterocycles. The predicted molar refractivity (Wildman–Crippen MR) is 114 cm³/mol. The second kappa shape index (κ2) is 9.34. The smallest absolute Gasteiger partial charge is 0.309 e. The normalized spacial score (nSPS) is 12.8. The molecule has 0 aliphatic rings. The van der Waals surface area contributed by atoms with Gasteiger partial charge in [0.1, 0.15) is 0 Å². The van der Waals surface area contributed by atoms with E-state index in [1.54, 1.807) is 6.07 Å². The first-order chi connectivity index (χ1) is 13.9. The topological polar surface area (TPSA) is 84.5 Å². The van der Waals surface area contributed by atoms with E-state index in [-0.39, 0.29) is 12.3 Å². The van der Waals surface area contributed by atoms with Crippen molar-refractivity contribution < 1.29 is 19.1 Å². The van der Waals surface area contributed by atoms with Gasteiger partial charge in [0.05, 0.1) is 12.5 Å². The van der Waals surface area contributed by atoms with Crippen molar-refractivity contribution in [1.82, 2.24) is 5.32 Å². The van der Waals surface area contributed by atoms with Crippen molar-refractivity contribution in [1.29, 1.82) is 0 Å². The number of carbonyl (C=O) groups is 3. The minimum absolute atomic E-state index is 0.0496. The van der Waals surface area contributed by atoms with Crippen LogP contribution in [-0.2, 0) is 19.1 Å². The fraction of sp³-hybridized carbons (Fsp3) is 0.227. The number of nitrogens with one attached hydrogen (secondary N) is 2. The van der Waals surface area contributed by atoms with Crippen molar-refractivity contribution in [3.05, 3.63) is 64.9 Å². The van der Waals surface area contributed by atoms with Gasteiger partial charge < -0.3 is 15.4 Å². The van der Waals surface area contributed by atoms with Gasteiger partial charge in [-0.2, -0.15) is 0 Å². The summed E-state index contributed by atoms with van der Waals surface area (Å²) in [7, 11) is 0. The van der Waals surface area contributed by atoms with Crippen molar-refractivity contribution >= 4 is 45.6 Å². The Hall–Kier alpha value is -3.19. The Morgan fingerprint density at radius 3 is 2.52 bits per heavy atom. The predicted octanol–water partition coefficient (Wildman–Crippen LogP) is 4.04. The number of hydrogen-bond donors (Lipinski definition) is 2. The van der Waals surface area contributed by atoms with Crippen LogP contribution in [0.4, 0.5) is 5.69 Å². The first-order valence-electron chi connectivity index (χ1n) is 9.22. The molecule has 3 rings (SSSR count). The maximum absolute atomic E-state index is 12.5. The zero-order valence-corrected chi connectivity index (χ0v) is 17.0. The number of anilines is 1. The Morgan fingerprint density at radius 2 is 1.79 bits per heavy atom. The highest BCUT2D eigenvalue weighted by Gasteiger charge is 2.23. The first kappa shape index (κ1) is 20.5. The molecule has 0 radical (unpaired) electrons. The number of ether oxygens (including phenoxy) is 1. The molecule has 1 heterocycles. The van der Waals surface area contributed by atoms with Crippen molar-refractivity contribution in [3.8, 4) is 0 Å². The molecule has 2 N–H and O–H groups in total. The number of hydrogen-bond acceptors (Lipinski definition) is 5. The average molecular weight is 410 g/mol. The van der Waals surface area contributed by atoms with Crippen LogP contribution in [0.5, 0.6) is 0 Å². The van der Waals surface area contributed by atoms with E-state index in [2.05, 4.69) is 10.6 Å². The number of esters is 1. The van der Waals surface area contributed by atoms with Crippen LogP contribution >= 0.6 is 11.3 Å². The van der Waals surface area contributed by atoms with Gasteiger partial charge in [-0.25, -0.2) is 0 Å². The Bertz CT molecular complexity index is 1010. The van der Waals surface area contributed by atoms with Gasteiger partial charge in [0, 0.05) is 22.9 Å². The highest BCUT2D eigenvalue weighted by Crippen LogP contribution is 2.24. The van der Waals surface area contributed by atoms with E-state index in [4.69, 9.17) is 4.74 Å². The Balaban J connectivity index is 1.62. The molecular formula is C22H22N2O4S. The molecule has 2 atom stereocenters. The molecule has 2 aromatic carbocycles. The zero-order valence-electron chi connectivity index (χ0n) is 16.2. The summed E-state index contributed by atoms with van der Waals surface area (Å²) in [5.74, 6) is -1.21. The van der Waals surface area contributed by atoms with Crippen LogP contribution in [-0.4, -0.2) is 23.9 Å². The third-order valence-corrected chi connectivity index (χ3v) is 5.35. The number of rotatable bonds is 7. The van der Waals surface area contributed by atoms with Gasteiger partial charge >= 0.3 is 5.97 Å². The minimum Gasteiger partial charge on any atom is -0.452 e. The monoisotopic (exact) mass is 410 g/mol. The van der Waals surface area contributed by atoms with Crippen LogP contribution in [0, 0.1) is 0 Å². The summed E-state index contributed by atoms with van der Waals surface area (Å²) in [4.78, 5) is 37.2. The standard InChI is InChI=1S/C22H22N2O4S/c1-14(22(27)24-18-10-5-8-16-7-3-4-9-17(16)18)28-21(26)13-19(23-15(2)25)20-11-6-12-29-20/h3-12,14,19H,13H2,1-2H3,(H,23,25)(H,24,27). The van der Waals surface area contributed by atoms with E-state index in [0.717, 1.165) is 15.6 Å². The lowest BCUT2D eigenvalue weighted by Gasteiger charge is -2.18. The molecule has 1 aromatic heterocycles. The van der Waals surface area contributed by atoms with E-state index < -0.39 is 24.0 Å². The SMILES string of the molecule is CC(=O)NC(CC(=O)OC(C)C(=O)Nc1cccc2ccccc12)c1cccs1. The fourth-order valence-corrected chi connectivity index (χ4v) is 3.77. The van der Waals surface area contributed by atoms with Crippen LogP contribution < -0.4 is 10.6 Å². The first-order valence-corrected chi connectivity index (χ1v) is 10.1. The molecule has 150 valence electrons. The van der Waals surface area contributed by atoms with Crippen molar-refractivity contribution in [2.24, 2.45) is 0 Å². The summed E-state index contributed by atoms with van der Waals surface area (Å²) in [6.07, 6.45) is -1.02. The molecular weight excluding hydrogens is 388 g/mol. The number of fused-ring (bicyclic) bond motifs is 1. The third kappa shape index (κ3) is 5.42. The molecule has 0 saturated heterocycles. The molecule has 0 bridgehead atoms. The van der Waals surface area contributed by atoms with E-state index in [0.29, 0.717) is 5.69 Å². The summed E-state index contributed by atoms with van der Waals surface area (Å²) in [5, 5.41) is 9.35. The maximum Gasteiger partial charge on any atom is 0.309 e. The highest BCUT2D eigenvalue weighted by atomic mass is 32.1. The van der Waals surface area contributed by atoms with Gasteiger partial charge in [0.2, 0.25) is 5.91 Å². The minimum atomic E-state index is -0.970. The third-order valence-electron chi connectivity index (χ3n) is 4.36. The number of carbonyl (C=O) groups excluding carboxylic acids is 3. The lowest BCUT2D eigenvalue weighted by molar-refractivity contribution is -0.153. The Labute approximate surface area is 172 Å². The lowest BCUT2D eigenvalue weighted by atomic mass is 10.1. The molecule has 29 heavy (non-hydrogen) atoms. The van der Waals surface area contributed by atoms with E-state index in [9.17, 15) is 14.4 Å². The van der Waals surface area contributed by atoms with Crippen LogP contribution in [0.15, 0.2) is 60.0 Å². The van der Waals surface area contributed by atoms with Gasteiger partial charge in [0.15, 0.2) is 6.10 Å². The van der Waals surface area contributed by atoms with Crippen molar-refractivity contribution in [3.63, 3.8) is 0 Å². The van der Waals surface area contributed by atoms with Gasteiger partial charge in [-0.1, -0.05) is 42.5 Å². The molecule has 0 spiro atoms. The van der Waals surface area contributed by atoms with Gasteiger partial charge in [-0.15, -0.1) is 11.3 Å². The lowest BCUT2D eigenvalue weighted by Crippen LogP contribution is -2.32. The summed E-state index contributed by atoms with van der Waals surface area (Å²) in [6.45, 7) is 2.92. The van der Waals surface area contributed by atoms with E-state index in [1.165, 1.54) is 25.2 Å². The van der Waals surface area contributed by atoms with E-state index in [1.807, 2.05) is 53.9 Å². The Kier molecular flexibility index (Phi) is 6.61. The Morgan fingerprint density at radius 1 is 1.03 bits per heavy atom. The van der Waals surface area contributed by atoms with E-state index >= 15 is 0 Å². The van der Waals surface area contributed by atoms with Crippen LogP contribution in [0.2, 0.25) is 0 Å². The quantitative estimate of drug-likeness (QED) is 0.576. The summed E-state index contributed by atoms with van der Waals surface area (Å²) >= 11 is 1.44. The number of thiophene rings is 1. The second-order valence-corrected chi connectivity index (χ2v) is 7.60. The molecule has 0 saturated carbocycles. The van der Waals surface area contributed by atoms with Gasteiger partial charge in [-0.3, -0.25) is 14.4 Å².